The molecule has 2 N–H and O–H groups in total. The maximum Gasteiger partial charge on any atom is 0.248 e. The van der Waals surface area contributed by atoms with Gasteiger partial charge in [-0.25, -0.2) is 0 Å². The molecule has 1 aromatic carbocycles. The molecule has 14 heavy (non-hydrogen) atoms. The van der Waals surface area contributed by atoms with E-state index in [1.54, 1.807) is 31.0 Å². The van der Waals surface area contributed by atoms with E-state index in [9.17, 15) is 4.79 Å². The summed E-state index contributed by atoms with van der Waals surface area (Å²) in [5.41, 5.74) is 5.66. The topological polar surface area (TPSA) is 52.3 Å². The lowest BCUT2D eigenvalue weighted by molar-refractivity contribution is 0.1000. The lowest BCUT2D eigenvalue weighted by Gasteiger charge is -2.01. The fourth-order valence-corrected chi connectivity index (χ4v) is 1.77. The van der Waals surface area contributed by atoms with Gasteiger partial charge in [-0.15, -0.1) is 11.8 Å². The number of rotatable bonds is 5. The molecule has 0 spiro atoms. The Balaban J connectivity index is 2.51. The highest BCUT2D eigenvalue weighted by Gasteiger charge is 1.99. The minimum atomic E-state index is -0.390. The van der Waals surface area contributed by atoms with E-state index in [2.05, 4.69) is 0 Å². The SMILES string of the molecule is COCCSc1ccc(C(N)=O)cc1. The Morgan fingerprint density at radius 2 is 2.07 bits per heavy atom. The van der Waals surface area contributed by atoms with Gasteiger partial charge in [0.2, 0.25) is 5.91 Å². The number of carbonyl (C=O) groups is 1. The fourth-order valence-electron chi connectivity index (χ4n) is 0.958. The number of amides is 1. The first-order valence-corrected chi connectivity index (χ1v) is 5.24. The van der Waals surface area contributed by atoms with Gasteiger partial charge in [-0.1, -0.05) is 0 Å². The van der Waals surface area contributed by atoms with Crippen LogP contribution in [-0.4, -0.2) is 25.4 Å². The summed E-state index contributed by atoms with van der Waals surface area (Å²) in [6, 6.07) is 7.25. The Morgan fingerprint density at radius 1 is 1.43 bits per heavy atom. The third-order valence-electron chi connectivity index (χ3n) is 1.70. The number of methoxy groups -OCH3 is 1. The van der Waals surface area contributed by atoms with E-state index in [1.165, 1.54) is 0 Å². The molecule has 0 saturated carbocycles. The van der Waals surface area contributed by atoms with E-state index in [0.29, 0.717) is 5.56 Å². The van der Waals surface area contributed by atoms with Crippen LogP contribution in [0.15, 0.2) is 29.2 Å². The largest absolute Gasteiger partial charge is 0.384 e. The van der Waals surface area contributed by atoms with Crippen molar-refractivity contribution in [2.24, 2.45) is 5.73 Å². The van der Waals surface area contributed by atoms with Gasteiger partial charge in [0.25, 0.3) is 0 Å². The number of carbonyl (C=O) groups excluding carboxylic acids is 1. The van der Waals surface area contributed by atoms with E-state index in [4.69, 9.17) is 10.5 Å². The molecule has 0 aromatic heterocycles. The molecule has 0 unspecified atom stereocenters. The molecule has 0 bridgehead atoms. The molecule has 1 aromatic rings. The van der Waals surface area contributed by atoms with Crippen LogP contribution in [0, 0.1) is 0 Å². The zero-order valence-corrected chi connectivity index (χ0v) is 8.84. The Hall–Kier alpha value is -1.00. The van der Waals surface area contributed by atoms with Gasteiger partial charge in [0.05, 0.1) is 6.61 Å². The van der Waals surface area contributed by atoms with Gasteiger partial charge in [0.1, 0.15) is 0 Å². The van der Waals surface area contributed by atoms with Crippen molar-refractivity contribution in [3.8, 4) is 0 Å². The summed E-state index contributed by atoms with van der Waals surface area (Å²) < 4.78 is 4.93. The first kappa shape index (κ1) is 11.1. The monoisotopic (exact) mass is 211 g/mol. The molecule has 0 atom stereocenters. The van der Waals surface area contributed by atoms with E-state index in [0.717, 1.165) is 17.3 Å². The Kier molecular flexibility index (Phi) is 4.49. The number of primary amides is 1. The van der Waals surface area contributed by atoms with Gasteiger partial charge in [-0.2, -0.15) is 0 Å². The fraction of sp³-hybridized carbons (Fsp3) is 0.300. The highest BCUT2D eigenvalue weighted by Crippen LogP contribution is 2.17. The van der Waals surface area contributed by atoms with Gasteiger partial charge in [0.15, 0.2) is 0 Å². The smallest absolute Gasteiger partial charge is 0.248 e. The van der Waals surface area contributed by atoms with Gasteiger partial charge in [-0.3, -0.25) is 4.79 Å². The van der Waals surface area contributed by atoms with Crippen molar-refractivity contribution in [3.63, 3.8) is 0 Å². The second-order valence-corrected chi connectivity index (χ2v) is 3.90. The van der Waals surface area contributed by atoms with Crippen molar-refractivity contribution in [2.45, 2.75) is 4.90 Å². The van der Waals surface area contributed by atoms with Crippen LogP contribution in [0.1, 0.15) is 10.4 Å². The van der Waals surface area contributed by atoms with Crippen molar-refractivity contribution in [1.82, 2.24) is 0 Å². The second-order valence-electron chi connectivity index (χ2n) is 2.73. The molecule has 0 radical (unpaired) electrons. The van der Waals surface area contributed by atoms with Crippen LogP contribution < -0.4 is 5.73 Å². The van der Waals surface area contributed by atoms with E-state index < -0.39 is 5.91 Å². The number of ether oxygens (including phenoxy) is 1. The number of benzene rings is 1. The summed E-state index contributed by atoms with van der Waals surface area (Å²) in [5.74, 6) is 0.519. The lowest BCUT2D eigenvalue weighted by Crippen LogP contribution is -2.10. The number of thioether (sulfide) groups is 1. The van der Waals surface area contributed by atoms with Crippen LogP contribution in [0.25, 0.3) is 0 Å². The summed E-state index contributed by atoms with van der Waals surface area (Å²) in [6.45, 7) is 0.724. The van der Waals surface area contributed by atoms with Crippen molar-refractivity contribution in [2.75, 3.05) is 19.5 Å². The molecule has 0 saturated heterocycles. The van der Waals surface area contributed by atoms with Crippen LogP contribution in [0.3, 0.4) is 0 Å². The molecule has 0 heterocycles. The normalized spacial score (nSPS) is 10.1. The number of hydrogen-bond acceptors (Lipinski definition) is 3. The Morgan fingerprint density at radius 3 is 2.57 bits per heavy atom. The average molecular weight is 211 g/mol. The molecule has 4 heteroatoms. The molecule has 3 nitrogen and oxygen atoms in total. The second kappa shape index (κ2) is 5.67. The maximum atomic E-state index is 10.8. The molecular weight excluding hydrogens is 198 g/mol. The van der Waals surface area contributed by atoms with E-state index >= 15 is 0 Å². The molecule has 1 rings (SSSR count). The minimum Gasteiger partial charge on any atom is -0.384 e. The first-order valence-electron chi connectivity index (χ1n) is 4.25. The Labute approximate surface area is 87.6 Å². The third kappa shape index (κ3) is 3.40. The number of nitrogens with two attached hydrogens (primary N) is 1. The summed E-state index contributed by atoms with van der Waals surface area (Å²) in [6.07, 6.45) is 0. The van der Waals surface area contributed by atoms with Crippen LogP contribution in [0.4, 0.5) is 0 Å². The summed E-state index contributed by atoms with van der Waals surface area (Å²) in [7, 11) is 1.68. The lowest BCUT2D eigenvalue weighted by atomic mass is 10.2. The standard InChI is InChI=1S/C10H13NO2S/c1-13-6-7-14-9-4-2-8(3-5-9)10(11)12/h2-5H,6-7H2,1H3,(H2,11,12). The van der Waals surface area contributed by atoms with Crippen molar-refractivity contribution < 1.29 is 9.53 Å². The van der Waals surface area contributed by atoms with Crippen molar-refractivity contribution in [1.29, 1.82) is 0 Å². The summed E-state index contributed by atoms with van der Waals surface area (Å²) in [5, 5.41) is 0. The van der Waals surface area contributed by atoms with Gasteiger partial charge < -0.3 is 10.5 Å². The van der Waals surface area contributed by atoms with Crippen molar-refractivity contribution in [3.05, 3.63) is 29.8 Å². The third-order valence-corrected chi connectivity index (χ3v) is 2.67. The number of hydrogen-bond donors (Lipinski definition) is 1. The van der Waals surface area contributed by atoms with Crippen molar-refractivity contribution >= 4 is 17.7 Å². The quantitative estimate of drug-likeness (QED) is 0.593. The minimum absolute atomic E-state index is 0.390. The van der Waals surface area contributed by atoms with Gasteiger partial charge in [0, 0.05) is 23.3 Å². The van der Waals surface area contributed by atoms with Gasteiger partial charge >= 0.3 is 0 Å². The van der Waals surface area contributed by atoms with E-state index in [-0.39, 0.29) is 0 Å². The molecule has 0 aliphatic rings. The van der Waals surface area contributed by atoms with Crippen LogP contribution in [-0.2, 0) is 4.74 Å². The van der Waals surface area contributed by atoms with Crippen LogP contribution in [0.2, 0.25) is 0 Å². The highest BCUT2D eigenvalue weighted by atomic mass is 32.2. The average Bonchev–Trinajstić information content (AvgIpc) is 2.19. The van der Waals surface area contributed by atoms with Crippen LogP contribution >= 0.6 is 11.8 Å². The molecule has 0 aliphatic carbocycles. The Bertz CT molecular complexity index is 297. The van der Waals surface area contributed by atoms with Crippen LogP contribution in [0.5, 0.6) is 0 Å². The molecular formula is C10H13NO2S. The maximum absolute atomic E-state index is 10.8. The molecule has 0 aliphatic heterocycles. The zero-order valence-electron chi connectivity index (χ0n) is 8.03. The van der Waals surface area contributed by atoms with E-state index in [1.807, 2.05) is 12.1 Å². The predicted octanol–water partition coefficient (Wildman–Crippen LogP) is 1.52. The summed E-state index contributed by atoms with van der Waals surface area (Å²) in [4.78, 5) is 11.9. The molecule has 0 fully saturated rings. The summed E-state index contributed by atoms with van der Waals surface area (Å²) >= 11 is 1.69. The van der Waals surface area contributed by atoms with Gasteiger partial charge in [-0.05, 0) is 24.3 Å². The predicted molar refractivity (Wildman–Crippen MR) is 57.6 cm³/mol. The zero-order chi connectivity index (χ0) is 10.4. The first-order chi connectivity index (χ1) is 6.74. The molecule has 1 amide bonds. The highest BCUT2D eigenvalue weighted by molar-refractivity contribution is 7.99. The molecule has 76 valence electrons.